The fourth-order valence-corrected chi connectivity index (χ4v) is 3.32. The molecule has 0 aliphatic carbocycles. The van der Waals surface area contributed by atoms with Crippen molar-refractivity contribution in [3.63, 3.8) is 0 Å². The van der Waals surface area contributed by atoms with Crippen LogP contribution in [0.3, 0.4) is 0 Å². The molecule has 13 nitrogen and oxygen atoms in total. The summed E-state index contributed by atoms with van der Waals surface area (Å²) in [6.45, 7) is 12.7. The maximum Gasteiger partial charge on any atom is 0.311 e. The molecule has 0 fully saturated rings. The zero-order valence-corrected chi connectivity index (χ0v) is 25.0. The van der Waals surface area contributed by atoms with Crippen molar-refractivity contribution in [1.29, 1.82) is 0 Å². The number of nitrogens with one attached hydrogen (secondary N) is 3. The van der Waals surface area contributed by atoms with E-state index in [0.717, 1.165) is 0 Å². The van der Waals surface area contributed by atoms with Crippen molar-refractivity contribution in [3.05, 3.63) is 0 Å². The van der Waals surface area contributed by atoms with Crippen LogP contribution in [-0.4, -0.2) is 82.4 Å². The van der Waals surface area contributed by atoms with Crippen LogP contribution in [-0.2, 0) is 42.9 Å². The average molecular weight is 575 g/mol. The minimum atomic E-state index is -0.851. The van der Waals surface area contributed by atoms with Crippen molar-refractivity contribution >= 4 is 29.7 Å². The summed E-state index contributed by atoms with van der Waals surface area (Å²) in [5, 5.41) is 5.43. The third kappa shape index (κ3) is 15.7. The predicted octanol–water partition coefficient (Wildman–Crippen LogP) is 0.987. The fourth-order valence-electron chi connectivity index (χ4n) is 3.32. The first-order chi connectivity index (χ1) is 18.8. The van der Waals surface area contributed by atoms with Crippen molar-refractivity contribution in [1.82, 2.24) is 16.1 Å². The van der Waals surface area contributed by atoms with Gasteiger partial charge >= 0.3 is 11.9 Å². The maximum atomic E-state index is 12.7. The van der Waals surface area contributed by atoms with Gasteiger partial charge in [-0.1, -0.05) is 20.8 Å². The Morgan fingerprint density at radius 2 is 1.25 bits per heavy atom. The zero-order valence-electron chi connectivity index (χ0n) is 25.0. The van der Waals surface area contributed by atoms with E-state index in [-0.39, 0.29) is 43.8 Å². The van der Waals surface area contributed by atoms with Crippen LogP contribution in [0.1, 0.15) is 73.6 Å². The van der Waals surface area contributed by atoms with Crippen molar-refractivity contribution < 1.29 is 42.9 Å². The highest BCUT2D eigenvalue weighted by Gasteiger charge is 2.36. The lowest BCUT2D eigenvalue weighted by Crippen LogP contribution is -2.38. The van der Waals surface area contributed by atoms with Gasteiger partial charge in [-0.2, -0.15) is 0 Å². The first-order valence-corrected chi connectivity index (χ1v) is 13.9. The lowest BCUT2D eigenvalue weighted by Gasteiger charge is -2.28. The number of esters is 2. The largest absolute Gasteiger partial charge is 0.462 e. The van der Waals surface area contributed by atoms with Crippen LogP contribution < -0.4 is 21.9 Å². The van der Waals surface area contributed by atoms with Gasteiger partial charge in [0.15, 0.2) is 0 Å². The normalized spacial score (nSPS) is 13.5. The van der Waals surface area contributed by atoms with Crippen molar-refractivity contribution in [2.75, 3.05) is 52.7 Å². The lowest BCUT2D eigenvalue weighted by atomic mass is 9.79. The third-order valence-corrected chi connectivity index (χ3v) is 6.69. The van der Waals surface area contributed by atoms with Gasteiger partial charge < -0.3 is 29.6 Å². The van der Waals surface area contributed by atoms with Crippen LogP contribution in [0.25, 0.3) is 0 Å². The Morgan fingerprint density at radius 3 is 1.77 bits per heavy atom. The Hall–Kier alpha value is -2.77. The van der Waals surface area contributed by atoms with Crippen molar-refractivity contribution in [2.45, 2.75) is 73.6 Å². The van der Waals surface area contributed by atoms with E-state index in [1.165, 1.54) is 0 Å². The molecule has 0 bridgehead atoms. The van der Waals surface area contributed by atoms with Crippen LogP contribution in [0, 0.1) is 16.7 Å². The second-order valence-electron chi connectivity index (χ2n) is 10.5. The first-order valence-electron chi connectivity index (χ1n) is 13.9. The van der Waals surface area contributed by atoms with Gasteiger partial charge in [0.25, 0.3) is 0 Å². The number of rotatable bonds is 22. The SMILES string of the molecule is CCC(C)(C)C(=O)OCCOC(=O)C(C)(CC)CC(C)C(=O)NCCOCCOCCNC(=O)CCC(=O)NN. The van der Waals surface area contributed by atoms with E-state index >= 15 is 0 Å². The van der Waals surface area contributed by atoms with Gasteiger partial charge in [0.05, 0.1) is 37.3 Å². The van der Waals surface area contributed by atoms with Crippen LogP contribution >= 0.6 is 0 Å². The molecule has 0 spiro atoms. The fraction of sp³-hybridized carbons (Fsp3) is 0.815. The molecule has 13 heteroatoms. The molecule has 40 heavy (non-hydrogen) atoms. The first kappa shape index (κ1) is 37.2. The van der Waals surface area contributed by atoms with E-state index in [0.29, 0.717) is 58.8 Å². The summed E-state index contributed by atoms with van der Waals surface area (Å²) in [7, 11) is 0. The monoisotopic (exact) mass is 574 g/mol. The molecule has 0 aromatic heterocycles. The molecule has 0 aliphatic rings. The predicted molar refractivity (Wildman–Crippen MR) is 147 cm³/mol. The molecule has 0 rings (SSSR count). The summed E-state index contributed by atoms with van der Waals surface area (Å²) in [6, 6.07) is 0. The molecule has 2 unspecified atom stereocenters. The summed E-state index contributed by atoms with van der Waals surface area (Å²) < 4.78 is 21.4. The molecule has 0 aliphatic heterocycles. The number of ether oxygens (including phenoxy) is 4. The van der Waals surface area contributed by atoms with Crippen LogP contribution in [0.5, 0.6) is 0 Å². The van der Waals surface area contributed by atoms with Gasteiger partial charge in [0.1, 0.15) is 13.2 Å². The molecule has 0 aromatic carbocycles. The van der Waals surface area contributed by atoms with Gasteiger partial charge in [-0.15, -0.1) is 0 Å². The summed E-state index contributed by atoms with van der Waals surface area (Å²) in [6.07, 6.45) is 1.51. The highest BCUT2D eigenvalue weighted by atomic mass is 16.6. The summed E-state index contributed by atoms with van der Waals surface area (Å²) in [5.41, 5.74) is 0.521. The van der Waals surface area contributed by atoms with Crippen LogP contribution in [0.15, 0.2) is 0 Å². The number of hydrogen-bond acceptors (Lipinski definition) is 10. The molecular formula is C27H50N4O9. The number of hydrazine groups is 1. The molecule has 0 saturated heterocycles. The molecule has 0 saturated carbocycles. The molecule has 0 aromatic rings. The Morgan fingerprint density at radius 1 is 0.725 bits per heavy atom. The Bertz CT molecular complexity index is 807. The minimum Gasteiger partial charge on any atom is -0.462 e. The Labute approximate surface area is 237 Å². The quantitative estimate of drug-likeness (QED) is 0.0478. The van der Waals surface area contributed by atoms with Gasteiger partial charge in [-0.05, 0) is 40.0 Å². The smallest absolute Gasteiger partial charge is 0.311 e. The highest BCUT2D eigenvalue weighted by molar-refractivity contribution is 5.83. The maximum absolute atomic E-state index is 12.7. The minimum absolute atomic E-state index is 0.0116. The third-order valence-electron chi connectivity index (χ3n) is 6.69. The second kappa shape index (κ2) is 20.2. The highest BCUT2D eigenvalue weighted by Crippen LogP contribution is 2.31. The molecule has 0 heterocycles. The van der Waals surface area contributed by atoms with E-state index < -0.39 is 28.6 Å². The number of carbonyl (C=O) groups is 5. The van der Waals surface area contributed by atoms with Gasteiger partial charge in [-0.3, -0.25) is 29.4 Å². The topological polar surface area (TPSA) is 184 Å². The van der Waals surface area contributed by atoms with E-state index in [9.17, 15) is 24.0 Å². The summed E-state index contributed by atoms with van der Waals surface area (Å²) in [5.74, 6) is 2.90. The molecule has 0 radical (unpaired) electrons. The summed E-state index contributed by atoms with van der Waals surface area (Å²) >= 11 is 0. The standard InChI is InChI=1S/C27H50N4O9/c1-7-26(4,5)24(35)39-17-18-40-25(36)27(6,8-2)19-20(3)23(34)30-12-14-38-16-15-37-13-11-29-21(32)9-10-22(33)31-28/h20H,7-19,28H2,1-6H3,(H,29,32)(H,30,34)(H,31,33). The molecular weight excluding hydrogens is 524 g/mol. The van der Waals surface area contributed by atoms with E-state index in [1.54, 1.807) is 27.7 Å². The van der Waals surface area contributed by atoms with E-state index in [2.05, 4.69) is 10.6 Å². The van der Waals surface area contributed by atoms with Gasteiger partial charge in [0, 0.05) is 31.8 Å². The van der Waals surface area contributed by atoms with E-state index in [4.69, 9.17) is 24.8 Å². The number of hydrogen-bond donors (Lipinski definition) is 4. The van der Waals surface area contributed by atoms with Crippen LogP contribution in [0.4, 0.5) is 0 Å². The average Bonchev–Trinajstić information content (AvgIpc) is 2.93. The lowest BCUT2D eigenvalue weighted by molar-refractivity contribution is -0.164. The zero-order chi connectivity index (χ0) is 30.6. The second-order valence-corrected chi connectivity index (χ2v) is 10.5. The molecule has 3 amide bonds. The van der Waals surface area contributed by atoms with Crippen molar-refractivity contribution in [2.24, 2.45) is 22.6 Å². The molecule has 5 N–H and O–H groups in total. The molecule has 232 valence electrons. The Kier molecular flexibility index (Phi) is 18.8. The van der Waals surface area contributed by atoms with Crippen LogP contribution in [0.2, 0.25) is 0 Å². The Balaban J connectivity index is 4.08. The van der Waals surface area contributed by atoms with Gasteiger partial charge in [0.2, 0.25) is 17.7 Å². The number of carbonyl (C=O) groups excluding carboxylic acids is 5. The summed E-state index contributed by atoms with van der Waals surface area (Å²) in [4.78, 5) is 59.8. The van der Waals surface area contributed by atoms with Crippen molar-refractivity contribution in [3.8, 4) is 0 Å². The van der Waals surface area contributed by atoms with E-state index in [1.807, 2.05) is 19.3 Å². The number of nitrogens with two attached hydrogens (primary N) is 1. The molecule has 2 atom stereocenters. The number of amides is 3. The van der Waals surface area contributed by atoms with Gasteiger partial charge in [-0.25, -0.2) is 5.84 Å².